The minimum Gasteiger partial charge on any atom is -0.398 e. The van der Waals surface area contributed by atoms with Gasteiger partial charge in [-0.15, -0.1) is 0 Å². The average molecular weight is 274 g/mol. The monoisotopic (exact) mass is 274 g/mol. The summed E-state index contributed by atoms with van der Waals surface area (Å²) in [6.07, 6.45) is 0.654. The molecular formula is C12H19FN2O2S. The van der Waals surface area contributed by atoms with Crippen molar-refractivity contribution in [3.8, 4) is 0 Å². The molecule has 1 aromatic carbocycles. The Balaban J connectivity index is 3.37. The van der Waals surface area contributed by atoms with Crippen molar-refractivity contribution in [3.05, 3.63) is 24.0 Å². The molecule has 0 aliphatic rings. The first-order valence-corrected chi connectivity index (χ1v) is 7.36. The maximum atomic E-state index is 13.7. The first kappa shape index (κ1) is 14.9. The minimum absolute atomic E-state index is 0.0586. The van der Waals surface area contributed by atoms with Crippen LogP contribution in [-0.4, -0.2) is 25.3 Å². The predicted molar refractivity (Wildman–Crippen MR) is 70.1 cm³/mol. The van der Waals surface area contributed by atoms with Crippen LogP contribution < -0.4 is 5.73 Å². The van der Waals surface area contributed by atoms with Crippen molar-refractivity contribution in [1.82, 2.24) is 4.31 Å². The second kappa shape index (κ2) is 5.67. The van der Waals surface area contributed by atoms with Crippen LogP contribution in [0.4, 0.5) is 10.1 Å². The van der Waals surface area contributed by atoms with Crippen molar-refractivity contribution in [3.63, 3.8) is 0 Å². The first-order valence-electron chi connectivity index (χ1n) is 5.92. The Labute approximate surface area is 108 Å². The van der Waals surface area contributed by atoms with Crippen molar-refractivity contribution < 1.29 is 12.8 Å². The van der Waals surface area contributed by atoms with E-state index >= 15 is 0 Å². The van der Waals surface area contributed by atoms with Crippen LogP contribution in [0.5, 0.6) is 0 Å². The molecule has 0 aromatic heterocycles. The number of hydrogen-bond donors (Lipinski definition) is 1. The third-order valence-electron chi connectivity index (χ3n) is 2.96. The normalized spacial score (nSPS) is 13.8. The van der Waals surface area contributed by atoms with Crippen LogP contribution in [0.2, 0.25) is 0 Å². The SMILES string of the molecule is CCC(C)N(CC)S(=O)(=O)c1c(N)cccc1F. The Bertz CT molecular complexity index is 497. The van der Waals surface area contributed by atoms with Gasteiger partial charge in [0.25, 0.3) is 0 Å². The Morgan fingerprint density at radius 2 is 2.00 bits per heavy atom. The molecule has 0 radical (unpaired) electrons. The van der Waals surface area contributed by atoms with Gasteiger partial charge in [-0.1, -0.05) is 19.9 Å². The lowest BCUT2D eigenvalue weighted by Gasteiger charge is -2.26. The topological polar surface area (TPSA) is 63.4 Å². The molecule has 0 bridgehead atoms. The largest absolute Gasteiger partial charge is 0.398 e. The van der Waals surface area contributed by atoms with E-state index in [2.05, 4.69) is 0 Å². The highest BCUT2D eigenvalue weighted by Crippen LogP contribution is 2.26. The number of sulfonamides is 1. The van der Waals surface area contributed by atoms with Crippen molar-refractivity contribution in [1.29, 1.82) is 0 Å². The molecule has 1 rings (SSSR count). The number of benzene rings is 1. The molecule has 4 nitrogen and oxygen atoms in total. The summed E-state index contributed by atoms with van der Waals surface area (Å²) in [4.78, 5) is -0.424. The van der Waals surface area contributed by atoms with Crippen LogP contribution in [0.15, 0.2) is 23.1 Å². The molecule has 0 saturated carbocycles. The zero-order valence-corrected chi connectivity index (χ0v) is 11.7. The summed E-state index contributed by atoms with van der Waals surface area (Å²) >= 11 is 0. The lowest BCUT2D eigenvalue weighted by Crippen LogP contribution is -2.38. The van der Waals surface area contributed by atoms with Gasteiger partial charge in [0, 0.05) is 12.6 Å². The number of nitrogen functional groups attached to an aromatic ring is 1. The quantitative estimate of drug-likeness (QED) is 0.837. The maximum absolute atomic E-state index is 13.7. The summed E-state index contributed by atoms with van der Waals surface area (Å²) in [6, 6.07) is 3.69. The fourth-order valence-corrected chi connectivity index (χ4v) is 3.71. The van der Waals surface area contributed by atoms with Gasteiger partial charge in [-0.2, -0.15) is 4.31 Å². The fourth-order valence-electron chi connectivity index (χ4n) is 1.84. The van der Waals surface area contributed by atoms with E-state index in [1.54, 1.807) is 13.8 Å². The van der Waals surface area contributed by atoms with Gasteiger partial charge in [0.15, 0.2) is 0 Å². The highest BCUT2D eigenvalue weighted by atomic mass is 32.2. The Kier molecular flexibility index (Phi) is 4.70. The number of rotatable bonds is 5. The van der Waals surface area contributed by atoms with Gasteiger partial charge in [0.05, 0.1) is 5.69 Å². The second-order valence-electron chi connectivity index (χ2n) is 4.12. The predicted octanol–water partition coefficient (Wildman–Crippen LogP) is 2.22. The molecule has 1 aromatic rings. The van der Waals surface area contributed by atoms with Gasteiger partial charge in [-0.25, -0.2) is 12.8 Å². The van der Waals surface area contributed by atoms with Crippen molar-refractivity contribution in [2.45, 2.75) is 38.1 Å². The molecule has 0 saturated heterocycles. The fraction of sp³-hybridized carbons (Fsp3) is 0.500. The van der Waals surface area contributed by atoms with Crippen LogP contribution in [0.3, 0.4) is 0 Å². The zero-order valence-electron chi connectivity index (χ0n) is 10.9. The van der Waals surface area contributed by atoms with Crippen molar-refractivity contribution in [2.75, 3.05) is 12.3 Å². The maximum Gasteiger partial charge on any atom is 0.248 e. The molecular weight excluding hydrogens is 255 g/mol. The number of nitrogens with zero attached hydrogens (tertiary/aromatic N) is 1. The summed E-state index contributed by atoms with van der Waals surface area (Å²) in [6.45, 7) is 5.68. The van der Waals surface area contributed by atoms with E-state index in [9.17, 15) is 12.8 Å². The smallest absolute Gasteiger partial charge is 0.248 e. The van der Waals surface area contributed by atoms with E-state index in [4.69, 9.17) is 5.73 Å². The van der Waals surface area contributed by atoms with Crippen LogP contribution in [0.25, 0.3) is 0 Å². The standard InChI is InChI=1S/C12H19FN2O2S/c1-4-9(3)15(5-2)18(16,17)12-10(13)7-6-8-11(12)14/h6-9H,4-5,14H2,1-3H3. The van der Waals surface area contributed by atoms with Crippen LogP contribution in [0, 0.1) is 5.82 Å². The van der Waals surface area contributed by atoms with Crippen LogP contribution in [0.1, 0.15) is 27.2 Å². The van der Waals surface area contributed by atoms with E-state index in [1.165, 1.54) is 16.4 Å². The van der Waals surface area contributed by atoms with Gasteiger partial charge in [-0.05, 0) is 25.5 Å². The third-order valence-corrected chi connectivity index (χ3v) is 5.14. The summed E-state index contributed by atoms with van der Waals surface area (Å²) < 4.78 is 39.8. The lowest BCUT2D eigenvalue weighted by atomic mass is 10.3. The first-order chi connectivity index (χ1) is 8.36. The van der Waals surface area contributed by atoms with E-state index in [1.807, 2.05) is 6.92 Å². The minimum atomic E-state index is -3.89. The Morgan fingerprint density at radius 1 is 1.39 bits per heavy atom. The van der Waals surface area contributed by atoms with E-state index in [0.717, 1.165) is 6.07 Å². The average Bonchev–Trinajstić information content (AvgIpc) is 2.28. The van der Waals surface area contributed by atoms with E-state index < -0.39 is 20.7 Å². The molecule has 18 heavy (non-hydrogen) atoms. The molecule has 0 heterocycles. The molecule has 6 heteroatoms. The highest BCUT2D eigenvalue weighted by Gasteiger charge is 2.31. The number of nitrogens with two attached hydrogens (primary N) is 1. The van der Waals surface area contributed by atoms with E-state index in [0.29, 0.717) is 6.42 Å². The molecule has 0 aliphatic carbocycles. The molecule has 0 spiro atoms. The van der Waals surface area contributed by atoms with Crippen molar-refractivity contribution >= 4 is 15.7 Å². The van der Waals surface area contributed by atoms with Gasteiger partial charge < -0.3 is 5.73 Å². The second-order valence-corrected chi connectivity index (χ2v) is 5.95. The Hall–Kier alpha value is -1.14. The van der Waals surface area contributed by atoms with Crippen LogP contribution >= 0.6 is 0 Å². The number of halogens is 1. The van der Waals surface area contributed by atoms with Gasteiger partial charge in [0.1, 0.15) is 10.7 Å². The number of anilines is 1. The number of hydrogen-bond acceptors (Lipinski definition) is 3. The molecule has 102 valence electrons. The third kappa shape index (κ3) is 2.64. The zero-order chi connectivity index (χ0) is 13.9. The molecule has 2 N–H and O–H groups in total. The molecule has 0 fully saturated rings. The summed E-state index contributed by atoms with van der Waals surface area (Å²) in [7, 11) is -3.89. The molecule has 0 amide bonds. The molecule has 1 unspecified atom stereocenters. The van der Waals surface area contributed by atoms with Gasteiger partial charge in [0.2, 0.25) is 10.0 Å². The summed E-state index contributed by atoms with van der Waals surface area (Å²) in [5.41, 5.74) is 5.54. The van der Waals surface area contributed by atoms with Gasteiger partial charge >= 0.3 is 0 Å². The summed E-state index contributed by atoms with van der Waals surface area (Å²) in [5, 5.41) is 0. The van der Waals surface area contributed by atoms with Crippen molar-refractivity contribution in [2.24, 2.45) is 0 Å². The van der Waals surface area contributed by atoms with E-state index in [-0.39, 0.29) is 18.3 Å². The van der Waals surface area contributed by atoms with Gasteiger partial charge in [-0.3, -0.25) is 0 Å². The highest BCUT2D eigenvalue weighted by molar-refractivity contribution is 7.89. The molecule has 1 atom stereocenters. The van der Waals surface area contributed by atoms with Crippen LogP contribution in [-0.2, 0) is 10.0 Å². The summed E-state index contributed by atoms with van der Waals surface area (Å²) in [5.74, 6) is -0.809. The Morgan fingerprint density at radius 3 is 2.44 bits per heavy atom. The molecule has 0 aliphatic heterocycles. The lowest BCUT2D eigenvalue weighted by molar-refractivity contribution is 0.341.